The van der Waals surface area contributed by atoms with Crippen LogP contribution in [-0.4, -0.2) is 11.4 Å². The number of Topliss-reactive ketones (excluding diaryl/α,β-unsaturated/α-hetero) is 1. The van der Waals surface area contributed by atoms with Gasteiger partial charge in [-0.05, 0) is 31.9 Å². The second kappa shape index (κ2) is 2.68. The van der Waals surface area contributed by atoms with Crippen LogP contribution in [0.2, 0.25) is 0 Å². The fraction of sp³-hybridized carbons (Fsp3) is 0.500. The first kappa shape index (κ1) is 9.88. The highest BCUT2D eigenvalue weighted by molar-refractivity contribution is 5.93. The molecule has 0 aromatic heterocycles. The number of ketones is 1. The second-order valence-corrected chi connectivity index (χ2v) is 5.39. The molecule has 0 N–H and O–H groups in total. The summed E-state index contributed by atoms with van der Waals surface area (Å²) >= 11 is 0. The molecule has 16 heavy (non-hydrogen) atoms. The van der Waals surface area contributed by atoms with Crippen LogP contribution in [0.4, 0.5) is 0 Å². The van der Waals surface area contributed by atoms with Crippen LogP contribution in [0.3, 0.4) is 0 Å². The van der Waals surface area contributed by atoms with Crippen molar-refractivity contribution >= 4 is 5.78 Å². The van der Waals surface area contributed by atoms with Crippen LogP contribution in [0.25, 0.3) is 0 Å². The molecular weight excluding hydrogens is 200 g/mol. The summed E-state index contributed by atoms with van der Waals surface area (Å²) in [5.74, 6) is 1.14. The van der Waals surface area contributed by atoms with Gasteiger partial charge in [0.05, 0.1) is 0 Å². The molecule has 1 heterocycles. The van der Waals surface area contributed by atoms with Gasteiger partial charge < -0.3 is 4.74 Å². The predicted molar refractivity (Wildman–Crippen MR) is 61.8 cm³/mol. The van der Waals surface area contributed by atoms with E-state index in [9.17, 15) is 4.79 Å². The lowest BCUT2D eigenvalue weighted by molar-refractivity contribution is -0.130. The van der Waals surface area contributed by atoms with E-state index in [0.29, 0.717) is 6.42 Å². The summed E-state index contributed by atoms with van der Waals surface area (Å²) in [6.07, 6.45) is 1.54. The van der Waals surface area contributed by atoms with E-state index < -0.39 is 5.60 Å². The molecule has 0 unspecified atom stereocenters. The molecule has 1 aromatic rings. The van der Waals surface area contributed by atoms with E-state index >= 15 is 0 Å². The predicted octanol–water partition coefficient (Wildman–Crippen LogP) is 2.77. The van der Waals surface area contributed by atoms with Crippen molar-refractivity contribution in [2.75, 3.05) is 0 Å². The molecule has 2 aliphatic rings. The molecule has 2 nitrogen and oxygen atoms in total. The lowest BCUT2D eigenvalue weighted by Gasteiger charge is -2.31. The van der Waals surface area contributed by atoms with E-state index in [1.54, 1.807) is 0 Å². The summed E-state index contributed by atoms with van der Waals surface area (Å²) in [6.45, 7) is 6.14. The molecule has 0 radical (unpaired) electrons. The van der Waals surface area contributed by atoms with E-state index in [2.05, 4.69) is 19.1 Å². The largest absolute Gasteiger partial charge is 0.479 e. The number of hydrogen-bond acceptors (Lipinski definition) is 2. The molecule has 2 atom stereocenters. The monoisotopic (exact) mass is 216 g/mol. The zero-order valence-corrected chi connectivity index (χ0v) is 9.96. The van der Waals surface area contributed by atoms with Crippen molar-refractivity contribution in [2.45, 2.75) is 44.6 Å². The molecule has 84 valence electrons. The smallest absolute Gasteiger partial charge is 0.177 e. The van der Waals surface area contributed by atoms with Gasteiger partial charge in [0.2, 0.25) is 0 Å². The Balaban J connectivity index is 2.23. The average molecular weight is 216 g/mol. The van der Waals surface area contributed by atoms with Gasteiger partial charge in [-0.25, -0.2) is 0 Å². The maximum Gasteiger partial charge on any atom is 0.177 e. The first-order valence-electron chi connectivity index (χ1n) is 5.81. The minimum atomic E-state index is -0.636. The highest BCUT2D eigenvalue weighted by atomic mass is 16.5. The summed E-state index contributed by atoms with van der Waals surface area (Å²) in [5, 5.41) is 0. The average Bonchev–Trinajstić information content (AvgIpc) is 2.57. The third-order valence-electron chi connectivity index (χ3n) is 4.48. The minimum Gasteiger partial charge on any atom is -0.479 e. The van der Waals surface area contributed by atoms with Crippen molar-refractivity contribution in [3.05, 3.63) is 29.3 Å². The van der Waals surface area contributed by atoms with Crippen LogP contribution in [0.15, 0.2) is 18.2 Å². The Bertz CT molecular complexity index is 492. The Morgan fingerprint density at radius 2 is 2.06 bits per heavy atom. The highest BCUT2D eigenvalue weighted by Crippen LogP contribution is 2.56. The Kier molecular flexibility index (Phi) is 1.65. The molecule has 0 bridgehead atoms. The van der Waals surface area contributed by atoms with Crippen LogP contribution in [-0.2, 0) is 10.2 Å². The summed E-state index contributed by atoms with van der Waals surface area (Å²) in [5.41, 5.74) is 1.61. The van der Waals surface area contributed by atoms with E-state index in [1.165, 1.54) is 11.1 Å². The number of rotatable bonds is 0. The zero-order chi connectivity index (χ0) is 11.6. The van der Waals surface area contributed by atoms with E-state index in [4.69, 9.17) is 4.74 Å². The van der Waals surface area contributed by atoms with E-state index in [1.807, 2.05) is 19.9 Å². The fourth-order valence-corrected chi connectivity index (χ4v) is 3.10. The molecule has 1 aliphatic heterocycles. The Morgan fingerprint density at radius 3 is 2.81 bits per heavy atom. The van der Waals surface area contributed by atoms with Crippen molar-refractivity contribution in [3.8, 4) is 5.75 Å². The van der Waals surface area contributed by atoms with Crippen molar-refractivity contribution in [2.24, 2.45) is 0 Å². The molecule has 0 amide bonds. The highest BCUT2D eigenvalue weighted by Gasteiger charge is 2.62. The molecule has 0 saturated heterocycles. The Morgan fingerprint density at radius 1 is 1.31 bits per heavy atom. The minimum absolute atomic E-state index is 0.132. The maximum absolute atomic E-state index is 12.0. The fourth-order valence-electron chi connectivity index (χ4n) is 3.10. The van der Waals surface area contributed by atoms with Gasteiger partial charge in [-0.2, -0.15) is 0 Å². The first-order valence-corrected chi connectivity index (χ1v) is 5.81. The van der Waals surface area contributed by atoms with Crippen molar-refractivity contribution in [1.29, 1.82) is 0 Å². The molecule has 0 spiro atoms. The van der Waals surface area contributed by atoms with Gasteiger partial charge in [-0.1, -0.05) is 19.1 Å². The van der Waals surface area contributed by atoms with Crippen LogP contribution in [0.1, 0.15) is 37.8 Å². The van der Waals surface area contributed by atoms with Crippen molar-refractivity contribution < 1.29 is 9.53 Å². The van der Waals surface area contributed by atoms with Crippen molar-refractivity contribution in [1.82, 2.24) is 0 Å². The van der Waals surface area contributed by atoms with Gasteiger partial charge in [-0.15, -0.1) is 0 Å². The van der Waals surface area contributed by atoms with Gasteiger partial charge in [0.1, 0.15) is 5.75 Å². The molecule has 1 aromatic carbocycles. The first-order chi connectivity index (χ1) is 7.47. The Labute approximate surface area is 95.6 Å². The van der Waals surface area contributed by atoms with Crippen LogP contribution in [0.5, 0.6) is 5.75 Å². The molecule has 1 aliphatic carbocycles. The lowest BCUT2D eigenvalue weighted by atomic mass is 9.73. The Hall–Kier alpha value is -1.31. The number of hydrogen-bond donors (Lipinski definition) is 0. The molecule has 2 heteroatoms. The normalized spacial score (nSPS) is 35.8. The SMILES string of the molecule is Cc1ccc2c(c1)O[C@@]1(C)C(=O)CC[C@@]21C. The quantitative estimate of drug-likeness (QED) is 0.666. The van der Waals surface area contributed by atoms with Gasteiger partial charge in [0.15, 0.2) is 11.4 Å². The maximum atomic E-state index is 12.0. The van der Waals surface area contributed by atoms with Gasteiger partial charge in [0.25, 0.3) is 0 Å². The topological polar surface area (TPSA) is 26.3 Å². The zero-order valence-electron chi connectivity index (χ0n) is 9.96. The number of ether oxygens (including phenoxy) is 1. The van der Waals surface area contributed by atoms with E-state index in [0.717, 1.165) is 12.2 Å². The second-order valence-electron chi connectivity index (χ2n) is 5.39. The van der Waals surface area contributed by atoms with Gasteiger partial charge in [0, 0.05) is 17.4 Å². The van der Waals surface area contributed by atoms with Gasteiger partial charge >= 0.3 is 0 Å². The number of benzene rings is 1. The summed E-state index contributed by atoms with van der Waals surface area (Å²) < 4.78 is 5.96. The standard InChI is InChI=1S/C14H16O2/c1-9-4-5-10-11(8-9)16-14(3)12(15)6-7-13(10,14)2/h4-5,8H,6-7H2,1-3H3/t13-,14-/m0/s1. The number of fused-ring (bicyclic) bond motifs is 3. The molecule has 1 saturated carbocycles. The summed E-state index contributed by atoms with van der Waals surface area (Å²) in [6, 6.07) is 6.26. The van der Waals surface area contributed by atoms with Crippen molar-refractivity contribution in [3.63, 3.8) is 0 Å². The van der Waals surface area contributed by atoms with Crippen LogP contribution < -0.4 is 4.74 Å². The number of carbonyl (C=O) groups is 1. The molecular formula is C14H16O2. The van der Waals surface area contributed by atoms with Crippen LogP contribution in [0, 0.1) is 6.92 Å². The third kappa shape index (κ3) is 0.909. The summed E-state index contributed by atoms with van der Waals surface area (Å²) in [7, 11) is 0. The summed E-state index contributed by atoms with van der Waals surface area (Å²) in [4.78, 5) is 12.0. The van der Waals surface area contributed by atoms with Crippen LogP contribution >= 0.6 is 0 Å². The molecule has 3 rings (SSSR count). The third-order valence-corrected chi connectivity index (χ3v) is 4.48. The molecule has 1 fully saturated rings. The lowest BCUT2D eigenvalue weighted by Crippen LogP contribution is -2.47. The van der Waals surface area contributed by atoms with Gasteiger partial charge in [-0.3, -0.25) is 4.79 Å². The number of carbonyl (C=O) groups excluding carboxylic acids is 1. The van der Waals surface area contributed by atoms with E-state index in [-0.39, 0.29) is 11.2 Å². The number of aryl methyl sites for hydroxylation is 1.